The maximum atomic E-state index is 13.2. The standard InChI is InChI=1S/C26H19FN2O4/c27-22-7-3-6-21(14-22)26(31)33-23-11-8-18(9-12-23)16-28-29-25(30)17-32-24-13-10-19-4-1-2-5-20(19)15-24/h1-16H,17H2,(H,29,30)/b28-16-. The first-order valence-electron chi connectivity index (χ1n) is 10.1. The first-order chi connectivity index (χ1) is 16.1. The summed E-state index contributed by atoms with van der Waals surface area (Å²) in [6.07, 6.45) is 1.45. The molecule has 0 aromatic heterocycles. The molecule has 0 bridgehead atoms. The molecule has 0 aliphatic carbocycles. The van der Waals surface area contributed by atoms with E-state index in [1.165, 1.54) is 24.4 Å². The highest BCUT2D eigenvalue weighted by molar-refractivity contribution is 5.91. The molecule has 0 spiro atoms. The molecule has 4 rings (SSSR count). The number of nitrogens with zero attached hydrogens (tertiary/aromatic N) is 1. The summed E-state index contributed by atoms with van der Waals surface area (Å²) in [6.45, 7) is -0.176. The molecule has 0 unspecified atom stereocenters. The molecule has 164 valence electrons. The number of nitrogens with one attached hydrogen (secondary N) is 1. The molecule has 0 heterocycles. The van der Waals surface area contributed by atoms with Crippen molar-refractivity contribution in [2.75, 3.05) is 6.61 Å². The maximum Gasteiger partial charge on any atom is 0.343 e. The molecule has 4 aromatic rings. The first-order valence-corrected chi connectivity index (χ1v) is 10.1. The number of rotatable bonds is 7. The number of hydrogen-bond acceptors (Lipinski definition) is 5. The number of carbonyl (C=O) groups is 2. The van der Waals surface area contributed by atoms with E-state index in [1.54, 1.807) is 24.3 Å². The highest BCUT2D eigenvalue weighted by Crippen LogP contribution is 2.20. The normalized spacial score (nSPS) is 10.8. The Hall–Kier alpha value is -4.52. The molecule has 0 radical (unpaired) electrons. The molecule has 7 heteroatoms. The molecule has 33 heavy (non-hydrogen) atoms. The van der Waals surface area contributed by atoms with Gasteiger partial charge in [0.2, 0.25) is 0 Å². The molecule has 4 aromatic carbocycles. The Balaban J connectivity index is 1.25. The topological polar surface area (TPSA) is 77.0 Å². The number of halogens is 1. The van der Waals surface area contributed by atoms with Crippen molar-refractivity contribution in [2.45, 2.75) is 0 Å². The maximum absolute atomic E-state index is 13.2. The first kappa shape index (κ1) is 21.7. The van der Waals surface area contributed by atoms with E-state index in [-0.39, 0.29) is 12.2 Å². The quantitative estimate of drug-likeness (QED) is 0.194. The van der Waals surface area contributed by atoms with E-state index >= 15 is 0 Å². The molecule has 1 amide bonds. The summed E-state index contributed by atoms with van der Waals surface area (Å²) < 4.78 is 24.0. The van der Waals surface area contributed by atoms with Crippen molar-refractivity contribution in [3.05, 3.63) is 108 Å². The Bertz CT molecular complexity index is 1320. The predicted octanol–water partition coefficient (Wildman–Crippen LogP) is 4.73. The van der Waals surface area contributed by atoms with Crippen LogP contribution in [-0.4, -0.2) is 24.7 Å². The van der Waals surface area contributed by atoms with E-state index in [9.17, 15) is 14.0 Å². The molecular formula is C26H19FN2O4. The van der Waals surface area contributed by atoms with Crippen LogP contribution in [0.3, 0.4) is 0 Å². The summed E-state index contributed by atoms with van der Waals surface area (Å²) in [5.41, 5.74) is 3.19. The van der Waals surface area contributed by atoms with E-state index in [0.29, 0.717) is 17.1 Å². The molecule has 6 nitrogen and oxygen atoms in total. The van der Waals surface area contributed by atoms with Crippen molar-refractivity contribution in [1.29, 1.82) is 0 Å². The number of benzene rings is 4. The number of esters is 1. The number of fused-ring (bicyclic) bond motifs is 1. The van der Waals surface area contributed by atoms with Gasteiger partial charge in [0.15, 0.2) is 6.61 Å². The van der Waals surface area contributed by atoms with Gasteiger partial charge in [-0.25, -0.2) is 14.6 Å². The molecule has 0 aliphatic heterocycles. The minimum absolute atomic E-state index is 0.120. The summed E-state index contributed by atoms with van der Waals surface area (Å²) >= 11 is 0. The van der Waals surface area contributed by atoms with Gasteiger partial charge in [-0.1, -0.05) is 36.4 Å². The van der Waals surface area contributed by atoms with Gasteiger partial charge in [-0.05, 0) is 70.9 Å². The van der Waals surface area contributed by atoms with Crippen LogP contribution in [-0.2, 0) is 4.79 Å². The zero-order valence-corrected chi connectivity index (χ0v) is 17.4. The van der Waals surface area contributed by atoms with Crippen molar-refractivity contribution >= 4 is 28.9 Å². The lowest BCUT2D eigenvalue weighted by molar-refractivity contribution is -0.123. The van der Waals surface area contributed by atoms with Crippen LogP contribution in [0.4, 0.5) is 4.39 Å². The Morgan fingerprint density at radius 2 is 1.61 bits per heavy atom. The van der Waals surface area contributed by atoms with Crippen molar-refractivity contribution in [3.63, 3.8) is 0 Å². The molecule has 0 saturated carbocycles. The van der Waals surface area contributed by atoms with Crippen molar-refractivity contribution in [3.8, 4) is 11.5 Å². The number of ether oxygens (including phenoxy) is 2. The van der Waals surface area contributed by atoms with Crippen LogP contribution in [0.2, 0.25) is 0 Å². The van der Waals surface area contributed by atoms with Crippen LogP contribution in [0.1, 0.15) is 15.9 Å². The fourth-order valence-corrected chi connectivity index (χ4v) is 3.02. The highest BCUT2D eigenvalue weighted by Gasteiger charge is 2.09. The van der Waals surface area contributed by atoms with Crippen molar-refractivity contribution < 1.29 is 23.5 Å². The Morgan fingerprint density at radius 1 is 0.848 bits per heavy atom. The van der Waals surface area contributed by atoms with E-state index in [4.69, 9.17) is 9.47 Å². The van der Waals surface area contributed by atoms with Crippen LogP contribution >= 0.6 is 0 Å². The second-order valence-corrected chi connectivity index (χ2v) is 7.06. The smallest absolute Gasteiger partial charge is 0.343 e. The van der Waals surface area contributed by atoms with E-state index in [1.807, 2.05) is 42.5 Å². The Kier molecular flexibility index (Phi) is 6.70. The lowest BCUT2D eigenvalue weighted by Crippen LogP contribution is -2.24. The van der Waals surface area contributed by atoms with Crippen molar-refractivity contribution in [2.24, 2.45) is 5.10 Å². The van der Waals surface area contributed by atoms with E-state index in [2.05, 4.69) is 10.5 Å². The molecule has 0 fully saturated rings. The highest BCUT2D eigenvalue weighted by atomic mass is 19.1. The summed E-state index contributed by atoms with van der Waals surface area (Å²) in [4.78, 5) is 24.0. The number of hydrogen-bond donors (Lipinski definition) is 1. The van der Waals surface area contributed by atoms with Crippen LogP contribution < -0.4 is 14.9 Å². The fourth-order valence-electron chi connectivity index (χ4n) is 3.02. The molecular weight excluding hydrogens is 423 g/mol. The minimum atomic E-state index is -0.658. The van der Waals surface area contributed by atoms with E-state index < -0.39 is 17.7 Å². The van der Waals surface area contributed by atoms with Gasteiger partial charge in [0, 0.05) is 0 Å². The zero-order chi connectivity index (χ0) is 23.0. The fraction of sp³-hybridized carbons (Fsp3) is 0.0385. The second kappa shape index (κ2) is 10.2. The van der Waals surface area contributed by atoms with Gasteiger partial charge in [-0.2, -0.15) is 5.10 Å². The summed E-state index contributed by atoms with van der Waals surface area (Å²) in [5, 5.41) is 6.02. The van der Waals surface area contributed by atoms with Crippen molar-refractivity contribution in [1.82, 2.24) is 5.43 Å². The largest absolute Gasteiger partial charge is 0.484 e. The third-order valence-corrected chi connectivity index (χ3v) is 4.64. The van der Waals surface area contributed by atoms with Gasteiger partial charge in [0.1, 0.15) is 17.3 Å². The number of hydrazone groups is 1. The van der Waals surface area contributed by atoms with Gasteiger partial charge in [-0.3, -0.25) is 4.79 Å². The number of amides is 1. The molecule has 0 saturated heterocycles. The minimum Gasteiger partial charge on any atom is -0.484 e. The molecule has 0 aliphatic rings. The lowest BCUT2D eigenvalue weighted by Gasteiger charge is -2.06. The lowest BCUT2D eigenvalue weighted by atomic mass is 10.1. The summed E-state index contributed by atoms with van der Waals surface area (Å²) in [6, 6.07) is 25.2. The monoisotopic (exact) mass is 442 g/mol. The van der Waals surface area contributed by atoms with Crippen LogP contribution in [0.25, 0.3) is 10.8 Å². The van der Waals surface area contributed by atoms with Gasteiger partial charge < -0.3 is 9.47 Å². The third-order valence-electron chi connectivity index (χ3n) is 4.64. The van der Waals surface area contributed by atoms with Crippen LogP contribution in [0.15, 0.2) is 96.1 Å². The van der Waals surface area contributed by atoms with Gasteiger partial charge in [0.05, 0.1) is 11.8 Å². The van der Waals surface area contributed by atoms with Crippen LogP contribution in [0.5, 0.6) is 11.5 Å². The van der Waals surface area contributed by atoms with Gasteiger partial charge in [-0.15, -0.1) is 0 Å². The molecule has 0 atom stereocenters. The van der Waals surface area contributed by atoms with Gasteiger partial charge >= 0.3 is 5.97 Å². The zero-order valence-electron chi connectivity index (χ0n) is 17.4. The molecule has 1 N–H and O–H groups in total. The van der Waals surface area contributed by atoms with E-state index in [0.717, 1.165) is 16.8 Å². The Morgan fingerprint density at radius 3 is 2.39 bits per heavy atom. The number of carbonyl (C=O) groups excluding carboxylic acids is 2. The average Bonchev–Trinajstić information content (AvgIpc) is 2.83. The van der Waals surface area contributed by atoms with Gasteiger partial charge in [0.25, 0.3) is 5.91 Å². The summed E-state index contributed by atoms with van der Waals surface area (Å²) in [5.74, 6) is -0.680. The van der Waals surface area contributed by atoms with Crippen LogP contribution in [0, 0.1) is 5.82 Å². The SMILES string of the molecule is O=C(COc1ccc2ccccc2c1)N/N=C\c1ccc(OC(=O)c2cccc(F)c2)cc1. The average molecular weight is 442 g/mol. The second-order valence-electron chi connectivity index (χ2n) is 7.06. The Labute approximate surface area is 189 Å². The summed E-state index contributed by atoms with van der Waals surface area (Å²) in [7, 11) is 0. The third kappa shape index (κ3) is 6.01. The predicted molar refractivity (Wildman–Crippen MR) is 123 cm³/mol.